The number of anilines is 1. The van der Waals surface area contributed by atoms with Gasteiger partial charge in [-0.05, 0) is 31.5 Å². The molecule has 0 radical (unpaired) electrons. The lowest BCUT2D eigenvalue weighted by Gasteiger charge is -2.15. The molecular formula is C16H18N4O2S. The smallest absolute Gasteiger partial charge is 0.264 e. The standard InChI is InChI=1S/C16H18N4O2S/c1-4-17-14-12-10(2)13(23-15(12)19-9-18-14)16(21)20(3)8-11-6-5-7-22-11/h5-7,9H,4,8H2,1-3H3,(H,17,18,19). The van der Waals surface area contributed by atoms with E-state index in [2.05, 4.69) is 15.3 Å². The van der Waals surface area contributed by atoms with Gasteiger partial charge >= 0.3 is 0 Å². The number of aromatic nitrogens is 2. The highest BCUT2D eigenvalue weighted by molar-refractivity contribution is 7.20. The Balaban J connectivity index is 1.94. The molecule has 3 aromatic heterocycles. The van der Waals surface area contributed by atoms with Crippen LogP contribution in [-0.4, -0.2) is 34.4 Å². The minimum atomic E-state index is -0.0376. The number of carbonyl (C=O) groups is 1. The van der Waals surface area contributed by atoms with Crippen molar-refractivity contribution in [2.75, 3.05) is 18.9 Å². The number of carbonyl (C=O) groups excluding carboxylic acids is 1. The third-order valence-corrected chi connectivity index (χ3v) is 4.77. The lowest BCUT2D eigenvalue weighted by Crippen LogP contribution is -2.25. The highest BCUT2D eigenvalue weighted by Gasteiger charge is 2.22. The summed E-state index contributed by atoms with van der Waals surface area (Å²) in [6.45, 7) is 5.16. The van der Waals surface area contributed by atoms with E-state index < -0.39 is 0 Å². The molecule has 120 valence electrons. The molecule has 0 aliphatic heterocycles. The third kappa shape index (κ3) is 2.92. The second kappa shape index (κ2) is 6.37. The summed E-state index contributed by atoms with van der Waals surface area (Å²) in [6, 6.07) is 3.67. The van der Waals surface area contributed by atoms with Gasteiger partial charge in [-0.1, -0.05) is 0 Å². The van der Waals surface area contributed by atoms with Crippen LogP contribution in [0.15, 0.2) is 29.1 Å². The molecule has 3 heterocycles. The van der Waals surface area contributed by atoms with Crippen molar-refractivity contribution in [3.63, 3.8) is 0 Å². The number of nitrogens with zero attached hydrogens (tertiary/aromatic N) is 3. The van der Waals surface area contributed by atoms with Crippen LogP contribution in [0.25, 0.3) is 10.2 Å². The minimum absolute atomic E-state index is 0.0376. The zero-order chi connectivity index (χ0) is 16.4. The summed E-state index contributed by atoms with van der Waals surface area (Å²) < 4.78 is 5.31. The van der Waals surface area contributed by atoms with E-state index in [4.69, 9.17) is 4.42 Å². The van der Waals surface area contributed by atoms with Crippen molar-refractivity contribution in [1.29, 1.82) is 0 Å². The fraction of sp³-hybridized carbons (Fsp3) is 0.312. The molecule has 23 heavy (non-hydrogen) atoms. The Bertz CT molecular complexity index is 826. The van der Waals surface area contributed by atoms with Crippen LogP contribution in [0.3, 0.4) is 0 Å². The molecule has 0 saturated heterocycles. The quantitative estimate of drug-likeness (QED) is 0.777. The van der Waals surface area contributed by atoms with Crippen LogP contribution in [0.4, 0.5) is 5.82 Å². The minimum Gasteiger partial charge on any atom is -0.467 e. The van der Waals surface area contributed by atoms with Crippen LogP contribution in [0.1, 0.15) is 27.9 Å². The van der Waals surface area contributed by atoms with E-state index in [0.717, 1.165) is 33.9 Å². The van der Waals surface area contributed by atoms with Crippen LogP contribution >= 0.6 is 11.3 Å². The van der Waals surface area contributed by atoms with Gasteiger partial charge in [0, 0.05) is 13.6 Å². The van der Waals surface area contributed by atoms with Crippen LogP contribution in [-0.2, 0) is 6.54 Å². The summed E-state index contributed by atoms with van der Waals surface area (Å²) >= 11 is 1.40. The molecule has 3 aromatic rings. The topological polar surface area (TPSA) is 71.3 Å². The molecule has 0 saturated carbocycles. The number of furan rings is 1. The maximum absolute atomic E-state index is 12.8. The molecule has 0 fully saturated rings. The van der Waals surface area contributed by atoms with Gasteiger partial charge in [-0.2, -0.15) is 0 Å². The summed E-state index contributed by atoms with van der Waals surface area (Å²) in [5.41, 5.74) is 0.915. The predicted octanol–water partition coefficient (Wildman–Crippen LogP) is 3.30. The number of hydrogen-bond donors (Lipinski definition) is 1. The van der Waals surface area contributed by atoms with Gasteiger partial charge in [0.05, 0.1) is 23.1 Å². The van der Waals surface area contributed by atoms with E-state index >= 15 is 0 Å². The van der Waals surface area contributed by atoms with E-state index in [0.29, 0.717) is 11.4 Å². The van der Waals surface area contributed by atoms with Gasteiger partial charge in [-0.3, -0.25) is 4.79 Å². The van der Waals surface area contributed by atoms with Gasteiger partial charge in [0.15, 0.2) is 0 Å². The largest absolute Gasteiger partial charge is 0.467 e. The first kappa shape index (κ1) is 15.5. The summed E-state index contributed by atoms with van der Waals surface area (Å²) in [5, 5.41) is 4.15. The van der Waals surface area contributed by atoms with Crippen molar-refractivity contribution in [3.05, 3.63) is 40.9 Å². The lowest BCUT2D eigenvalue weighted by molar-refractivity contribution is 0.0779. The fourth-order valence-electron chi connectivity index (χ4n) is 2.46. The van der Waals surface area contributed by atoms with Gasteiger partial charge in [0.2, 0.25) is 0 Å². The number of amides is 1. The summed E-state index contributed by atoms with van der Waals surface area (Å²) in [4.78, 5) is 24.5. The highest BCUT2D eigenvalue weighted by Crippen LogP contribution is 2.33. The van der Waals surface area contributed by atoms with Crippen LogP contribution in [0.5, 0.6) is 0 Å². The normalized spacial score (nSPS) is 10.9. The SMILES string of the molecule is CCNc1ncnc2sc(C(=O)N(C)Cc3ccco3)c(C)c12. The van der Waals surface area contributed by atoms with E-state index in [1.807, 2.05) is 26.0 Å². The summed E-state index contributed by atoms with van der Waals surface area (Å²) in [5.74, 6) is 1.50. The second-order valence-electron chi connectivity index (χ2n) is 5.23. The first-order valence-electron chi connectivity index (χ1n) is 7.37. The second-order valence-corrected chi connectivity index (χ2v) is 6.23. The average Bonchev–Trinajstić information content (AvgIpc) is 3.15. The van der Waals surface area contributed by atoms with Gasteiger partial charge < -0.3 is 14.6 Å². The first-order chi connectivity index (χ1) is 11.1. The molecule has 6 nitrogen and oxygen atoms in total. The lowest BCUT2D eigenvalue weighted by atomic mass is 10.2. The number of rotatable bonds is 5. The van der Waals surface area contributed by atoms with E-state index in [-0.39, 0.29) is 5.91 Å². The predicted molar refractivity (Wildman–Crippen MR) is 90.8 cm³/mol. The van der Waals surface area contributed by atoms with Crippen molar-refractivity contribution in [3.8, 4) is 0 Å². The fourth-order valence-corrected chi connectivity index (χ4v) is 3.60. The zero-order valence-corrected chi connectivity index (χ0v) is 14.1. The first-order valence-corrected chi connectivity index (χ1v) is 8.19. The molecule has 0 aromatic carbocycles. The molecule has 1 amide bonds. The van der Waals surface area contributed by atoms with Crippen LogP contribution in [0, 0.1) is 6.92 Å². The Labute approximate surface area is 138 Å². The third-order valence-electron chi connectivity index (χ3n) is 3.59. The van der Waals surface area contributed by atoms with Crippen molar-refractivity contribution in [1.82, 2.24) is 14.9 Å². The maximum Gasteiger partial charge on any atom is 0.264 e. The number of hydrogen-bond acceptors (Lipinski definition) is 6. The van der Waals surface area contributed by atoms with Crippen molar-refractivity contribution < 1.29 is 9.21 Å². The van der Waals surface area contributed by atoms with Gasteiger partial charge in [0.1, 0.15) is 22.7 Å². The van der Waals surface area contributed by atoms with E-state index in [1.54, 1.807) is 18.2 Å². The molecular weight excluding hydrogens is 312 g/mol. The average molecular weight is 330 g/mol. The van der Waals surface area contributed by atoms with Crippen molar-refractivity contribution in [2.24, 2.45) is 0 Å². The number of nitrogens with one attached hydrogen (secondary N) is 1. The Kier molecular flexibility index (Phi) is 4.29. The maximum atomic E-state index is 12.8. The molecule has 0 spiro atoms. The number of aryl methyl sites for hydroxylation is 1. The van der Waals surface area contributed by atoms with Gasteiger partial charge in [-0.25, -0.2) is 9.97 Å². The molecule has 0 unspecified atom stereocenters. The molecule has 0 bridgehead atoms. The molecule has 0 atom stereocenters. The summed E-state index contributed by atoms with van der Waals surface area (Å²) in [6.07, 6.45) is 3.13. The van der Waals surface area contributed by atoms with E-state index in [9.17, 15) is 4.79 Å². The Hall–Kier alpha value is -2.41. The van der Waals surface area contributed by atoms with Crippen molar-refractivity contribution in [2.45, 2.75) is 20.4 Å². The molecule has 0 aliphatic carbocycles. The van der Waals surface area contributed by atoms with Crippen LogP contribution < -0.4 is 5.32 Å². The van der Waals surface area contributed by atoms with E-state index in [1.165, 1.54) is 17.7 Å². The number of thiophene rings is 1. The molecule has 7 heteroatoms. The molecule has 3 rings (SSSR count). The Morgan fingerprint density at radius 1 is 1.43 bits per heavy atom. The van der Waals surface area contributed by atoms with Gasteiger partial charge in [0.25, 0.3) is 5.91 Å². The van der Waals surface area contributed by atoms with Gasteiger partial charge in [-0.15, -0.1) is 11.3 Å². The van der Waals surface area contributed by atoms with Crippen LogP contribution in [0.2, 0.25) is 0 Å². The number of fused-ring (bicyclic) bond motifs is 1. The zero-order valence-electron chi connectivity index (χ0n) is 13.3. The summed E-state index contributed by atoms with van der Waals surface area (Å²) in [7, 11) is 1.77. The highest BCUT2D eigenvalue weighted by atomic mass is 32.1. The molecule has 1 N–H and O–H groups in total. The molecule has 0 aliphatic rings. The van der Waals surface area contributed by atoms with Crippen molar-refractivity contribution >= 4 is 33.3 Å². The monoisotopic (exact) mass is 330 g/mol. The Morgan fingerprint density at radius 3 is 2.96 bits per heavy atom. The Morgan fingerprint density at radius 2 is 2.26 bits per heavy atom.